The lowest BCUT2D eigenvalue weighted by molar-refractivity contribution is 0.208. The van der Waals surface area contributed by atoms with Crippen LogP contribution >= 0.6 is 0 Å². The van der Waals surface area contributed by atoms with Crippen molar-refractivity contribution < 1.29 is 5.11 Å². The van der Waals surface area contributed by atoms with Crippen LogP contribution in [-0.2, 0) is 13.1 Å². The number of benzene rings is 2. The number of hydrogen-bond acceptors (Lipinski definition) is 4. The molecule has 0 aromatic heterocycles. The van der Waals surface area contributed by atoms with Gasteiger partial charge in [0.2, 0.25) is 0 Å². The van der Waals surface area contributed by atoms with E-state index in [0.29, 0.717) is 12.1 Å². The summed E-state index contributed by atoms with van der Waals surface area (Å²) in [6, 6.07) is 14.1. The second-order valence-corrected chi connectivity index (χ2v) is 5.68. The van der Waals surface area contributed by atoms with Gasteiger partial charge in [-0.15, -0.1) is 0 Å². The molecule has 3 N–H and O–H groups in total. The van der Waals surface area contributed by atoms with Crippen molar-refractivity contribution in [3.8, 4) is 17.2 Å². The summed E-state index contributed by atoms with van der Waals surface area (Å²) in [5.41, 5.74) is 6.58. The minimum atomic E-state index is -0.384. The Bertz CT molecular complexity index is 714. The number of nitrogens with zero attached hydrogens (tertiary/aromatic N) is 1. The number of anilines is 1. The Morgan fingerprint density at radius 2 is 2.05 bits per heavy atom. The predicted molar refractivity (Wildman–Crippen MR) is 87.3 cm³/mol. The highest BCUT2D eigenvalue weighted by Gasteiger charge is 2.17. The number of fused-ring (bicyclic) bond motifs is 1. The van der Waals surface area contributed by atoms with Gasteiger partial charge in [0.05, 0.1) is 17.7 Å². The molecule has 0 aliphatic carbocycles. The van der Waals surface area contributed by atoms with E-state index in [1.54, 1.807) is 6.92 Å². The summed E-state index contributed by atoms with van der Waals surface area (Å²) >= 11 is 0. The third kappa shape index (κ3) is 2.96. The smallest absolute Gasteiger partial charge is 0.0991 e. The minimum Gasteiger partial charge on any atom is -0.392 e. The van der Waals surface area contributed by atoms with E-state index < -0.39 is 0 Å². The van der Waals surface area contributed by atoms with Crippen molar-refractivity contribution in [3.63, 3.8) is 0 Å². The van der Waals surface area contributed by atoms with Crippen LogP contribution in [0.5, 0.6) is 0 Å². The fourth-order valence-corrected chi connectivity index (χ4v) is 2.77. The highest BCUT2D eigenvalue weighted by Crippen LogP contribution is 2.32. The Labute approximate surface area is 130 Å². The lowest BCUT2D eigenvalue weighted by atomic mass is 9.95. The van der Waals surface area contributed by atoms with E-state index in [9.17, 15) is 5.11 Å². The highest BCUT2D eigenvalue weighted by molar-refractivity contribution is 5.74. The van der Waals surface area contributed by atoms with Gasteiger partial charge in [0.15, 0.2) is 0 Å². The molecule has 112 valence electrons. The van der Waals surface area contributed by atoms with E-state index in [1.165, 1.54) is 16.7 Å². The zero-order chi connectivity index (χ0) is 15.5. The molecule has 1 aliphatic rings. The average Bonchev–Trinajstić information content (AvgIpc) is 3.00. The molecule has 22 heavy (non-hydrogen) atoms. The van der Waals surface area contributed by atoms with Crippen molar-refractivity contribution in [2.75, 3.05) is 11.9 Å². The van der Waals surface area contributed by atoms with Crippen LogP contribution in [0.2, 0.25) is 0 Å². The van der Waals surface area contributed by atoms with Gasteiger partial charge in [-0.3, -0.25) is 0 Å². The maximum Gasteiger partial charge on any atom is 0.0991 e. The molecule has 1 aliphatic heterocycles. The van der Waals surface area contributed by atoms with Crippen LogP contribution in [0.3, 0.4) is 0 Å². The minimum absolute atomic E-state index is 0.384. The summed E-state index contributed by atoms with van der Waals surface area (Å²) in [6.45, 7) is 4.02. The van der Waals surface area contributed by atoms with Crippen molar-refractivity contribution in [1.82, 2.24) is 5.32 Å². The first-order chi connectivity index (χ1) is 10.7. The molecule has 4 heteroatoms. The number of nitrogens with one attached hydrogen (secondary N) is 2. The van der Waals surface area contributed by atoms with Crippen molar-refractivity contribution in [2.45, 2.75) is 26.1 Å². The van der Waals surface area contributed by atoms with Gasteiger partial charge in [-0.05, 0) is 53.4 Å². The zero-order valence-corrected chi connectivity index (χ0v) is 12.6. The molecule has 0 saturated heterocycles. The Balaban J connectivity index is 1.99. The first-order valence-corrected chi connectivity index (χ1v) is 7.46. The van der Waals surface area contributed by atoms with Crippen LogP contribution in [0, 0.1) is 11.3 Å². The maximum atomic E-state index is 9.45. The first kappa shape index (κ1) is 14.6. The van der Waals surface area contributed by atoms with Gasteiger partial charge in [-0.2, -0.15) is 5.26 Å². The summed E-state index contributed by atoms with van der Waals surface area (Å²) in [5, 5.41) is 25.0. The third-order valence-corrected chi connectivity index (χ3v) is 3.89. The van der Waals surface area contributed by atoms with Crippen molar-refractivity contribution in [3.05, 3.63) is 53.1 Å². The Morgan fingerprint density at radius 1 is 1.27 bits per heavy atom. The van der Waals surface area contributed by atoms with Crippen LogP contribution in [-0.4, -0.2) is 17.8 Å². The molecule has 1 atom stereocenters. The van der Waals surface area contributed by atoms with Crippen LogP contribution in [0.1, 0.15) is 23.6 Å². The molecule has 2 aromatic carbocycles. The predicted octanol–water partition coefficient (Wildman–Crippen LogP) is 2.62. The van der Waals surface area contributed by atoms with Crippen LogP contribution < -0.4 is 10.6 Å². The van der Waals surface area contributed by atoms with E-state index in [4.69, 9.17) is 5.26 Å². The van der Waals surface area contributed by atoms with E-state index in [0.717, 1.165) is 24.3 Å². The second kappa shape index (κ2) is 6.18. The topological polar surface area (TPSA) is 68.1 Å². The van der Waals surface area contributed by atoms with Crippen molar-refractivity contribution in [2.24, 2.45) is 0 Å². The van der Waals surface area contributed by atoms with Gasteiger partial charge in [-0.1, -0.05) is 12.1 Å². The standard InChI is InChI=1S/C18H19N3O/c1-12(22)9-21-16-6-15-10-20-11-18(15)17(7-16)14-4-2-13(8-19)3-5-14/h2-7,12,20-22H,9-11H2,1H3. The number of nitriles is 1. The number of hydrogen-bond donors (Lipinski definition) is 3. The van der Waals surface area contributed by atoms with Gasteiger partial charge in [0.25, 0.3) is 0 Å². The summed E-state index contributed by atoms with van der Waals surface area (Å²) in [6.07, 6.45) is -0.384. The number of aliphatic hydroxyl groups is 1. The number of aliphatic hydroxyl groups excluding tert-OH is 1. The molecule has 2 aromatic rings. The van der Waals surface area contributed by atoms with Crippen LogP contribution in [0.15, 0.2) is 36.4 Å². The quantitative estimate of drug-likeness (QED) is 0.810. The molecule has 1 unspecified atom stereocenters. The molecule has 0 amide bonds. The lowest BCUT2D eigenvalue weighted by Crippen LogP contribution is -2.15. The van der Waals surface area contributed by atoms with Crippen molar-refractivity contribution in [1.29, 1.82) is 5.26 Å². The molecule has 0 bridgehead atoms. The lowest BCUT2D eigenvalue weighted by Gasteiger charge is -2.14. The molecule has 4 nitrogen and oxygen atoms in total. The summed E-state index contributed by atoms with van der Waals surface area (Å²) in [4.78, 5) is 0. The van der Waals surface area contributed by atoms with Gasteiger partial charge in [-0.25, -0.2) is 0 Å². The molecule has 0 spiro atoms. The zero-order valence-electron chi connectivity index (χ0n) is 12.6. The molecule has 0 saturated carbocycles. The van der Waals surface area contributed by atoms with Crippen LogP contribution in [0.25, 0.3) is 11.1 Å². The van der Waals surface area contributed by atoms with Gasteiger partial charge < -0.3 is 15.7 Å². The Kier molecular flexibility index (Phi) is 4.10. The molecule has 3 rings (SSSR count). The Hall–Kier alpha value is -2.35. The monoisotopic (exact) mass is 293 g/mol. The molecule has 1 heterocycles. The summed E-state index contributed by atoms with van der Waals surface area (Å²) in [7, 11) is 0. The highest BCUT2D eigenvalue weighted by atomic mass is 16.3. The van der Waals surface area contributed by atoms with E-state index >= 15 is 0 Å². The largest absolute Gasteiger partial charge is 0.392 e. The average molecular weight is 293 g/mol. The van der Waals surface area contributed by atoms with E-state index in [2.05, 4.69) is 28.8 Å². The van der Waals surface area contributed by atoms with Crippen LogP contribution in [0.4, 0.5) is 5.69 Å². The normalized spacial score (nSPS) is 14.2. The fraction of sp³-hybridized carbons (Fsp3) is 0.278. The third-order valence-electron chi connectivity index (χ3n) is 3.89. The van der Waals surface area contributed by atoms with E-state index in [-0.39, 0.29) is 6.10 Å². The first-order valence-electron chi connectivity index (χ1n) is 7.46. The van der Waals surface area contributed by atoms with Gasteiger partial charge >= 0.3 is 0 Å². The Morgan fingerprint density at radius 3 is 2.73 bits per heavy atom. The fourth-order valence-electron chi connectivity index (χ4n) is 2.77. The molecular weight excluding hydrogens is 274 g/mol. The molecular formula is C18H19N3O. The summed E-state index contributed by atoms with van der Waals surface area (Å²) < 4.78 is 0. The molecule has 0 radical (unpaired) electrons. The molecule has 0 fully saturated rings. The number of rotatable bonds is 4. The van der Waals surface area contributed by atoms with Gasteiger partial charge in [0.1, 0.15) is 0 Å². The maximum absolute atomic E-state index is 9.45. The SMILES string of the molecule is CC(O)CNc1cc2c(c(-c3ccc(C#N)cc3)c1)CNC2. The summed E-state index contributed by atoms with van der Waals surface area (Å²) in [5.74, 6) is 0. The second-order valence-electron chi connectivity index (χ2n) is 5.68. The van der Waals surface area contributed by atoms with E-state index in [1.807, 2.05) is 24.3 Å². The van der Waals surface area contributed by atoms with Gasteiger partial charge in [0, 0.05) is 25.3 Å². The van der Waals surface area contributed by atoms with Crippen molar-refractivity contribution >= 4 is 5.69 Å².